The second-order valence-electron chi connectivity index (χ2n) is 5.38. The average Bonchev–Trinajstić information content (AvgIpc) is 2.41. The number of anilines is 1. The van der Waals surface area contributed by atoms with Crippen molar-refractivity contribution in [2.24, 2.45) is 0 Å². The zero-order valence-electron chi connectivity index (χ0n) is 13.4. The molecule has 0 aliphatic rings. The van der Waals surface area contributed by atoms with Crippen LogP contribution in [0.15, 0.2) is 12.3 Å². The molecule has 0 spiro atoms. The quantitative estimate of drug-likeness (QED) is 0.687. The molecule has 0 fully saturated rings. The van der Waals surface area contributed by atoms with Crippen LogP contribution in [-0.2, 0) is 11.3 Å². The summed E-state index contributed by atoms with van der Waals surface area (Å²) in [4.78, 5) is 8.98. The van der Waals surface area contributed by atoms with E-state index in [2.05, 4.69) is 54.2 Å². The number of ether oxygens (including phenoxy) is 1. The summed E-state index contributed by atoms with van der Waals surface area (Å²) in [6.45, 7) is 6.55. The van der Waals surface area contributed by atoms with Crippen LogP contribution in [0.4, 0.5) is 5.82 Å². The molecule has 1 aromatic rings. The van der Waals surface area contributed by atoms with Crippen LogP contribution in [-0.4, -0.2) is 64.4 Å². The van der Waals surface area contributed by atoms with Crippen molar-refractivity contribution in [3.63, 3.8) is 0 Å². The molecular formula is C15H28N4O. The molecule has 0 amide bonds. The second kappa shape index (κ2) is 8.89. The third-order valence-electron chi connectivity index (χ3n) is 3.16. The number of hydrogen-bond acceptors (Lipinski definition) is 5. The molecule has 0 unspecified atom stereocenters. The van der Waals surface area contributed by atoms with Gasteiger partial charge in [-0.15, -0.1) is 0 Å². The van der Waals surface area contributed by atoms with Crippen LogP contribution in [0.25, 0.3) is 0 Å². The lowest BCUT2D eigenvalue weighted by molar-refractivity contribution is 0.199. The molecule has 1 rings (SSSR count). The van der Waals surface area contributed by atoms with Crippen LogP contribution in [0.3, 0.4) is 0 Å². The first-order chi connectivity index (χ1) is 9.54. The molecule has 0 radical (unpaired) electrons. The summed E-state index contributed by atoms with van der Waals surface area (Å²) in [6, 6.07) is 2.20. The van der Waals surface area contributed by atoms with Gasteiger partial charge in [0.2, 0.25) is 0 Å². The Morgan fingerprint density at radius 3 is 2.60 bits per heavy atom. The van der Waals surface area contributed by atoms with Crippen molar-refractivity contribution in [3.05, 3.63) is 23.4 Å². The fourth-order valence-corrected chi connectivity index (χ4v) is 1.98. The Balaban J connectivity index is 2.54. The molecule has 5 heteroatoms. The van der Waals surface area contributed by atoms with Crippen molar-refractivity contribution in [1.82, 2.24) is 15.2 Å². The van der Waals surface area contributed by atoms with Gasteiger partial charge >= 0.3 is 0 Å². The van der Waals surface area contributed by atoms with Gasteiger partial charge in [0.1, 0.15) is 5.82 Å². The minimum atomic E-state index is 0.734. The van der Waals surface area contributed by atoms with Crippen molar-refractivity contribution in [1.29, 1.82) is 0 Å². The Hall–Kier alpha value is -1.17. The van der Waals surface area contributed by atoms with Crippen molar-refractivity contribution < 1.29 is 4.74 Å². The fourth-order valence-electron chi connectivity index (χ4n) is 1.98. The standard InChI is InChI=1S/C15H28N4O/c1-13-10-14(11-16-6-9-20-5)12-17-15(13)19(4)8-7-18(2)3/h10,12,16H,6-9,11H2,1-5H3. The summed E-state index contributed by atoms with van der Waals surface area (Å²) in [6.07, 6.45) is 1.95. The van der Waals surface area contributed by atoms with E-state index >= 15 is 0 Å². The lowest BCUT2D eigenvalue weighted by Gasteiger charge is -2.22. The van der Waals surface area contributed by atoms with Gasteiger partial charge in [0, 0.05) is 46.5 Å². The zero-order chi connectivity index (χ0) is 15.0. The van der Waals surface area contributed by atoms with E-state index in [1.807, 2.05) is 6.20 Å². The molecule has 0 bridgehead atoms. The maximum Gasteiger partial charge on any atom is 0.131 e. The Labute approximate surface area is 122 Å². The Morgan fingerprint density at radius 2 is 2.00 bits per heavy atom. The van der Waals surface area contributed by atoms with Crippen molar-refractivity contribution >= 4 is 5.82 Å². The van der Waals surface area contributed by atoms with Crippen molar-refractivity contribution in [2.45, 2.75) is 13.5 Å². The molecule has 20 heavy (non-hydrogen) atoms. The maximum atomic E-state index is 5.01. The number of aryl methyl sites for hydroxylation is 1. The zero-order valence-corrected chi connectivity index (χ0v) is 13.4. The van der Waals surface area contributed by atoms with Gasteiger partial charge < -0.3 is 19.9 Å². The van der Waals surface area contributed by atoms with Gasteiger partial charge in [0.25, 0.3) is 0 Å². The molecule has 5 nitrogen and oxygen atoms in total. The Kier molecular flexibility index (Phi) is 7.51. The number of likely N-dealkylation sites (N-methyl/N-ethyl adjacent to an activating group) is 2. The van der Waals surface area contributed by atoms with E-state index in [0.717, 1.165) is 38.6 Å². The SMILES string of the molecule is COCCNCc1cnc(N(C)CCN(C)C)c(C)c1. The van der Waals surface area contributed by atoms with E-state index in [1.165, 1.54) is 11.1 Å². The Morgan fingerprint density at radius 1 is 1.25 bits per heavy atom. The van der Waals surface area contributed by atoms with Crippen molar-refractivity contribution in [2.75, 3.05) is 59.4 Å². The summed E-state index contributed by atoms with van der Waals surface area (Å²) in [5.41, 5.74) is 2.43. The van der Waals surface area contributed by atoms with Crippen molar-refractivity contribution in [3.8, 4) is 0 Å². The van der Waals surface area contributed by atoms with Gasteiger partial charge in [0.15, 0.2) is 0 Å². The van der Waals surface area contributed by atoms with Gasteiger partial charge in [-0.2, -0.15) is 0 Å². The van der Waals surface area contributed by atoms with Crippen LogP contribution in [0, 0.1) is 6.92 Å². The summed E-state index contributed by atoms with van der Waals surface area (Å²) < 4.78 is 5.01. The molecule has 1 aromatic heterocycles. The van der Waals surface area contributed by atoms with Crippen LogP contribution in [0.1, 0.15) is 11.1 Å². The molecule has 0 aliphatic heterocycles. The normalized spacial score (nSPS) is 11.1. The second-order valence-corrected chi connectivity index (χ2v) is 5.38. The van der Waals surface area contributed by atoms with Crippen LogP contribution in [0.2, 0.25) is 0 Å². The minimum absolute atomic E-state index is 0.734. The van der Waals surface area contributed by atoms with E-state index in [1.54, 1.807) is 7.11 Å². The molecule has 0 saturated heterocycles. The van der Waals surface area contributed by atoms with E-state index in [0.29, 0.717) is 0 Å². The van der Waals surface area contributed by atoms with Crippen LogP contribution < -0.4 is 10.2 Å². The number of hydrogen-bond donors (Lipinski definition) is 1. The number of aromatic nitrogens is 1. The van der Waals surface area contributed by atoms with E-state index < -0.39 is 0 Å². The van der Waals surface area contributed by atoms with Gasteiger partial charge in [-0.3, -0.25) is 0 Å². The maximum absolute atomic E-state index is 5.01. The largest absolute Gasteiger partial charge is 0.383 e. The third kappa shape index (κ3) is 5.86. The number of methoxy groups -OCH3 is 1. The fraction of sp³-hybridized carbons (Fsp3) is 0.667. The molecule has 0 atom stereocenters. The third-order valence-corrected chi connectivity index (χ3v) is 3.16. The number of rotatable bonds is 9. The topological polar surface area (TPSA) is 40.6 Å². The first kappa shape index (κ1) is 16.9. The minimum Gasteiger partial charge on any atom is -0.383 e. The smallest absolute Gasteiger partial charge is 0.131 e. The van der Waals surface area contributed by atoms with Gasteiger partial charge in [0.05, 0.1) is 6.61 Å². The first-order valence-electron chi connectivity index (χ1n) is 7.05. The molecule has 0 aliphatic carbocycles. The highest BCUT2D eigenvalue weighted by molar-refractivity contribution is 5.46. The molecule has 1 N–H and O–H groups in total. The highest BCUT2D eigenvalue weighted by atomic mass is 16.5. The number of nitrogens with zero attached hydrogens (tertiary/aromatic N) is 3. The van der Waals surface area contributed by atoms with Crippen LogP contribution >= 0.6 is 0 Å². The average molecular weight is 280 g/mol. The first-order valence-corrected chi connectivity index (χ1v) is 7.05. The van der Waals surface area contributed by atoms with Gasteiger partial charge in [-0.05, 0) is 38.2 Å². The highest BCUT2D eigenvalue weighted by Gasteiger charge is 2.07. The highest BCUT2D eigenvalue weighted by Crippen LogP contribution is 2.16. The lowest BCUT2D eigenvalue weighted by atomic mass is 10.2. The number of pyridine rings is 1. The molecule has 114 valence electrons. The summed E-state index contributed by atoms with van der Waals surface area (Å²) in [5.74, 6) is 1.06. The monoisotopic (exact) mass is 280 g/mol. The molecule has 1 heterocycles. The summed E-state index contributed by atoms with van der Waals surface area (Å²) in [5, 5.41) is 3.33. The van der Waals surface area contributed by atoms with E-state index in [9.17, 15) is 0 Å². The van der Waals surface area contributed by atoms with Crippen LogP contribution in [0.5, 0.6) is 0 Å². The van der Waals surface area contributed by atoms with Gasteiger partial charge in [-0.1, -0.05) is 0 Å². The van der Waals surface area contributed by atoms with E-state index in [4.69, 9.17) is 4.74 Å². The Bertz CT molecular complexity index is 395. The predicted molar refractivity (Wildman–Crippen MR) is 84.4 cm³/mol. The number of nitrogens with one attached hydrogen (secondary N) is 1. The molecule has 0 aromatic carbocycles. The lowest BCUT2D eigenvalue weighted by Crippen LogP contribution is -2.29. The van der Waals surface area contributed by atoms with Gasteiger partial charge in [-0.25, -0.2) is 4.98 Å². The summed E-state index contributed by atoms with van der Waals surface area (Å²) in [7, 11) is 7.98. The summed E-state index contributed by atoms with van der Waals surface area (Å²) >= 11 is 0. The molecule has 0 saturated carbocycles. The predicted octanol–water partition coefficient (Wildman–Crippen LogP) is 1.12. The van der Waals surface area contributed by atoms with E-state index in [-0.39, 0.29) is 0 Å². The molecular weight excluding hydrogens is 252 g/mol.